The van der Waals surface area contributed by atoms with Crippen molar-refractivity contribution in [1.29, 1.82) is 0 Å². The molecule has 0 saturated carbocycles. The summed E-state index contributed by atoms with van der Waals surface area (Å²) in [6, 6.07) is 11.8. The highest BCUT2D eigenvalue weighted by Crippen LogP contribution is 2.42. The molecule has 3 atom stereocenters. The zero-order valence-corrected chi connectivity index (χ0v) is 17.3. The topological polar surface area (TPSA) is 114 Å². The van der Waals surface area contributed by atoms with Gasteiger partial charge in [0.2, 0.25) is 6.23 Å². The predicted octanol–water partition coefficient (Wildman–Crippen LogP) is 2.30. The predicted molar refractivity (Wildman–Crippen MR) is 110 cm³/mol. The molecule has 0 bridgehead atoms. The van der Waals surface area contributed by atoms with Crippen molar-refractivity contribution in [2.24, 2.45) is 0 Å². The highest BCUT2D eigenvalue weighted by atomic mass is 79.9. The van der Waals surface area contributed by atoms with Crippen LogP contribution < -0.4 is 11.0 Å². The van der Waals surface area contributed by atoms with E-state index in [0.29, 0.717) is 10.1 Å². The molecule has 0 spiro atoms. The summed E-state index contributed by atoms with van der Waals surface area (Å²) in [6.07, 6.45) is -4.97. The molecule has 0 aliphatic carbocycles. The van der Waals surface area contributed by atoms with Crippen molar-refractivity contribution in [2.75, 3.05) is 11.9 Å². The van der Waals surface area contributed by atoms with Gasteiger partial charge in [-0.05, 0) is 41.1 Å². The summed E-state index contributed by atoms with van der Waals surface area (Å²) >= 11 is 3.38. The maximum absolute atomic E-state index is 14.2. The second-order valence-corrected chi connectivity index (χ2v) is 7.91. The van der Waals surface area contributed by atoms with Crippen molar-refractivity contribution in [1.82, 2.24) is 9.55 Å². The average molecular weight is 496 g/mol. The lowest BCUT2D eigenvalue weighted by Gasteiger charge is -2.21. The fourth-order valence-electron chi connectivity index (χ4n) is 3.33. The molecule has 1 aliphatic rings. The van der Waals surface area contributed by atoms with Crippen LogP contribution in [0.2, 0.25) is 0 Å². The summed E-state index contributed by atoms with van der Waals surface area (Å²) in [5.41, 5.74) is -0.794. The van der Waals surface area contributed by atoms with Crippen LogP contribution in [0, 0.1) is 0 Å². The number of hydrogen-bond donors (Lipinski definition) is 3. The molecule has 4 rings (SSSR count). The Kier molecular flexibility index (Phi) is 5.60. The van der Waals surface area contributed by atoms with Gasteiger partial charge in [0.1, 0.15) is 11.9 Å². The Hall–Kier alpha value is -2.73. The lowest BCUT2D eigenvalue weighted by molar-refractivity contribution is -0.140. The Balaban J connectivity index is 1.55. The number of rotatable bonds is 4. The standard InChI is InChI=1S/C20H16BrF2N3O5/c21-13-4-3-10-7-12(2-1-11(10)8-13)17(29)24-15-5-6-26(19(30)25-15)18-20(22,23)16(28)14(9-27)31-18/h1-8,14,16,18,27-28H,9H2,(H,24,25,29,30)/t14-,16?,18-/m1/s1. The largest absolute Gasteiger partial charge is 0.394 e. The molecule has 2 aromatic carbocycles. The third-order valence-electron chi connectivity index (χ3n) is 4.95. The van der Waals surface area contributed by atoms with Crippen molar-refractivity contribution in [3.05, 3.63) is 69.2 Å². The van der Waals surface area contributed by atoms with E-state index in [1.165, 1.54) is 0 Å². The van der Waals surface area contributed by atoms with Crippen LogP contribution in [0.1, 0.15) is 16.6 Å². The van der Waals surface area contributed by atoms with E-state index in [1.807, 2.05) is 18.2 Å². The number of nitrogens with one attached hydrogen (secondary N) is 1. The molecule has 1 aliphatic heterocycles. The van der Waals surface area contributed by atoms with E-state index in [2.05, 4.69) is 26.2 Å². The highest BCUT2D eigenvalue weighted by molar-refractivity contribution is 9.10. The first-order chi connectivity index (χ1) is 14.7. The Bertz CT molecular complexity index is 1220. The number of hydrogen-bond acceptors (Lipinski definition) is 6. The minimum Gasteiger partial charge on any atom is -0.394 e. The number of halogens is 3. The minimum absolute atomic E-state index is 0.136. The number of carbonyl (C=O) groups is 1. The quantitative estimate of drug-likeness (QED) is 0.511. The summed E-state index contributed by atoms with van der Waals surface area (Å²) in [5.74, 6) is -4.49. The molecular formula is C20H16BrF2N3O5. The van der Waals surface area contributed by atoms with Crippen LogP contribution in [0.25, 0.3) is 10.8 Å². The summed E-state index contributed by atoms with van der Waals surface area (Å²) in [4.78, 5) is 28.4. The van der Waals surface area contributed by atoms with Gasteiger partial charge in [0.25, 0.3) is 5.91 Å². The lowest BCUT2D eigenvalue weighted by atomic mass is 10.1. The molecule has 1 unspecified atom stereocenters. The monoisotopic (exact) mass is 495 g/mol. The van der Waals surface area contributed by atoms with E-state index in [-0.39, 0.29) is 5.82 Å². The molecule has 1 fully saturated rings. The molecule has 0 radical (unpaired) electrons. The molecule has 3 aromatic rings. The molecule has 8 nitrogen and oxygen atoms in total. The number of ether oxygens (including phenoxy) is 1. The van der Waals surface area contributed by atoms with Crippen molar-refractivity contribution >= 4 is 38.4 Å². The second kappa shape index (κ2) is 8.08. The molecule has 31 heavy (non-hydrogen) atoms. The lowest BCUT2D eigenvalue weighted by Crippen LogP contribution is -2.41. The van der Waals surface area contributed by atoms with Crippen molar-refractivity contribution in [3.63, 3.8) is 0 Å². The Morgan fingerprint density at radius 2 is 1.94 bits per heavy atom. The molecule has 162 valence electrons. The minimum atomic E-state index is -3.82. The van der Waals surface area contributed by atoms with Crippen LogP contribution in [0.3, 0.4) is 0 Å². The van der Waals surface area contributed by atoms with Gasteiger partial charge in [-0.2, -0.15) is 13.8 Å². The second-order valence-electron chi connectivity index (χ2n) is 6.99. The van der Waals surface area contributed by atoms with E-state index in [4.69, 9.17) is 9.84 Å². The van der Waals surface area contributed by atoms with Crippen molar-refractivity contribution in [3.8, 4) is 0 Å². The number of aliphatic hydroxyl groups is 2. The van der Waals surface area contributed by atoms with E-state index < -0.39 is 42.6 Å². The zero-order chi connectivity index (χ0) is 22.3. The Morgan fingerprint density at radius 3 is 2.61 bits per heavy atom. The van der Waals surface area contributed by atoms with E-state index in [9.17, 15) is 23.5 Å². The van der Waals surface area contributed by atoms with E-state index in [1.54, 1.807) is 18.2 Å². The van der Waals surface area contributed by atoms with Crippen LogP contribution in [-0.2, 0) is 4.74 Å². The average Bonchev–Trinajstić information content (AvgIpc) is 2.96. The van der Waals surface area contributed by atoms with Gasteiger partial charge in [0.05, 0.1) is 6.61 Å². The molecular weight excluding hydrogens is 480 g/mol. The maximum atomic E-state index is 14.2. The van der Waals surface area contributed by atoms with E-state index in [0.717, 1.165) is 27.5 Å². The smallest absolute Gasteiger partial charge is 0.351 e. The van der Waals surface area contributed by atoms with Crippen LogP contribution in [-0.4, -0.2) is 50.4 Å². The highest BCUT2D eigenvalue weighted by Gasteiger charge is 2.59. The number of alkyl halides is 2. The zero-order valence-electron chi connectivity index (χ0n) is 15.7. The van der Waals surface area contributed by atoms with Crippen LogP contribution in [0.4, 0.5) is 14.6 Å². The summed E-state index contributed by atoms with van der Waals surface area (Å²) in [6.45, 7) is -0.841. The number of anilines is 1. The first-order valence-corrected chi connectivity index (χ1v) is 9.92. The fourth-order valence-corrected chi connectivity index (χ4v) is 3.70. The number of aromatic nitrogens is 2. The van der Waals surface area contributed by atoms with Gasteiger partial charge in [-0.3, -0.25) is 9.36 Å². The third-order valence-corrected chi connectivity index (χ3v) is 5.44. The summed E-state index contributed by atoms with van der Waals surface area (Å²) in [7, 11) is 0. The van der Waals surface area contributed by atoms with Crippen LogP contribution >= 0.6 is 15.9 Å². The SMILES string of the molecule is O=C(Nc1ccn([C@@H]2O[C@H](CO)C(O)C2(F)F)c(=O)n1)c1ccc2cc(Br)ccc2c1. The van der Waals surface area contributed by atoms with Gasteiger partial charge in [0.15, 0.2) is 6.10 Å². The van der Waals surface area contributed by atoms with Gasteiger partial charge >= 0.3 is 11.6 Å². The first-order valence-electron chi connectivity index (χ1n) is 9.13. The van der Waals surface area contributed by atoms with Gasteiger partial charge in [-0.15, -0.1) is 0 Å². The number of aliphatic hydroxyl groups excluding tert-OH is 2. The number of nitrogens with zero attached hydrogens (tertiary/aromatic N) is 2. The Morgan fingerprint density at radius 1 is 1.23 bits per heavy atom. The van der Waals surface area contributed by atoms with Crippen LogP contribution in [0.5, 0.6) is 0 Å². The third kappa shape index (κ3) is 3.97. The van der Waals surface area contributed by atoms with Crippen molar-refractivity contribution in [2.45, 2.75) is 24.4 Å². The van der Waals surface area contributed by atoms with Crippen LogP contribution in [0.15, 0.2) is 57.9 Å². The van der Waals surface area contributed by atoms with Gasteiger partial charge in [-0.1, -0.05) is 28.1 Å². The molecule has 3 N–H and O–H groups in total. The molecule has 1 amide bonds. The number of carbonyl (C=O) groups excluding carboxylic acids is 1. The van der Waals surface area contributed by atoms with Gasteiger partial charge < -0.3 is 20.3 Å². The number of benzene rings is 2. The molecule has 2 heterocycles. The summed E-state index contributed by atoms with van der Waals surface area (Å²) < 4.78 is 34.8. The summed E-state index contributed by atoms with van der Waals surface area (Å²) in [5, 5.41) is 22.9. The van der Waals surface area contributed by atoms with Crippen molar-refractivity contribution < 1.29 is 28.5 Å². The number of amides is 1. The van der Waals surface area contributed by atoms with Gasteiger partial charge in [0, 0.05) is 16.2 Å². The first kappa shape index (κ1) is 21.5. The normalized spacial score (nSPS) is 22.5. The fraction of sp³-hybridized carbons (Fsp3) is 0.250. The molecule has 1 aromatic heterocycles. The number of fused-ring (bicyclic) bond motifs is 1. The maximum Gasteiger partial charge on any atom is 0.351 e. The molecule has 1 saturated heterocycles. The van der Waals surface area contributed by atoms with E-state index >= 15 is 0 Å². The molecule has 11 heteroatoms. The Labute approximate surface area is 182 Å². The van der Waals surface area contributed by atoms with Gasteiger partial charge in [-0.25, -0.2) is 4.79 Å².